The second-order valence-corrected chi connectivity index (χ2v) is 10.7. The molecular formula is C31H32N2O2S. The molecule has 0 spiro atoms. The molecule has 0 unspecified atom stereocenters. The zero-order valence-electron chi connectivity index (χ0n) is 20.8. The van der Waals surface area contributed by atoms with E-state index in [-0.39, 0.29) is 5.97 Å². The highest BCUT2D eigenvalue weighted by Gasteiger charge is 2.45. The quantitative estimate of drug-likeness (QED) is 0.387. The van der Waals surface area contributed by atoms with Crippen molar-refractivity contribution in [1.29, 1.82) is 5.26 Å². The zero-order chi connectivity index (χ0) is 25.0. The van der Waals surface area contributed by atoms with E-state index in [1.54, 1.807) is 0 Å². The van der Waals surface area contributed by atoms with Crippen molar-refractivity contribution in [2.24, 2.45) is 0 Å². The van der Waals surface area contributed by atoms with Crippen molar-refractivity contribution in [3.63, 3.8) is 0 Å². The van der Waals surface area contributed by atoms with E-state index in [2.05, 4.69) is 53.4 Å². The smallest absolute Gasteiger partial charge is 0.316 e. The number of hydrogen-bond donors (Lipinski definition) is 0. The van der Waals surface area contributed by atoms with Crippen LogP contribution in [0.15, 0.2) is 83.8 Å². The number of piperidine rings is 1. The summed E-state index contributed by atoms with van der Waals surface area (Å²) >= 11 is 1.82. The van der Waals surface area contributed by atoms with Gasteiger partial charge >= 0.3 is 5.97 Å². The third-order valence-corrected chi connectivity index (χ3v) is 9.03. The highest BCUT2D eigenvalue weighted by atomic mass is 32.2. The lowest BCUT2D eigenvalue weighted by Crippen LogP contribution is -2.49. The second-order valence-electron chi connectivity index (χ2n) is 9.72. The summed E-state index contributed by atoms with van der Waals surface area (Å²) in [4.78, 5) is 16.8. The molecule has 2 heterocycles. The average Bonchev–Trinajstić information content (AvgIpc) is 3.08. The SMILES string of the molecule is CCOC(=O)C1(c2ccccc2)CCN(CC[C@@]2(C#N)c3ccccc3CSc3ccccc32)CC1. The number of carbonyl (C=O) groups excluding carboxylic acids is 1. The molecule has 0 aliphatic carbocycles. The van der Waals surface area contributed by atoms with Crippen LogP contribution in [0.25, 0.3) is 0 Å². The predicted molar refractivity (Wildman–Crippen MR) is 144 cm³/mol. The molecule has 2 aliphatic rings. The number of nitriles is 1. The Hall–Kier alpha value is -3.07. The number of hydrogen-bond acceptors (Lipinski definition) is 5. The van der Waals surface area contributed by atoms with Crippen molar-refractivity contribution >= 4 is 17.7 Å². The van der Waals surface area contributed by atoms with Gasteiger partial charge < -0.3 is 9.64 Å². The van der Waals surface area contributed by atoms with Crippen molar-refractivity contribution in [1.82, 2.24) is 4.90 Å². The Morgan fingerprint density at radius 3 is 2.36 bits per heavy atom. The van der Waals surface area contributed by atoms with Crippen LogP contribution in [0.5, 0.6) is 0 Å². The van der Waals surface area contributed by atoms with Gasteiger partial charge in [0.2, 0.25) is 0 Å². The normalized spacial score (nSPS) is 20.9. The molecule has 1 saturated heterocycles. The molecule has 0 radical (unpaired) electrons. The minimum Gasteiger partial charge on any atom is -0.465 e. The number of rotatable bonds is 6. The van der Waals surface area contributed by atoms with E-state index in [4.69, 9.17) is 4.74 Å². The van der Waals surface area contributed by atoms with Crippen molar-refractivity contribution in [3.05, 3.63) is 101 Å². The summed E-state index contributed by atoms with van der Waals surface area (Å²) in [6, 6.07) is 29.7. The van der Waals surface area contributed by atoms with E-state index in [1.165, 1.54) is 10.5 Å². The van der Waals surface area contributed by atoms with Crippen LogP contribution in [0.3, 0.4) is 0 Å². The van der Waals surface area contributed by atoms with Gasteiger partial charge in [0, 0.05) is 17.2 Å². The lowest BCUT2D eigenvalue weighted by Gasteiger charge is -2.41. The third kappa shape index (κ3) is 4.34. The fourth-order valence-electron chi connectivity index (χ4n) is 5.88. The molecular weight excluding hydrogens is 464 g/mol. The molecule has 0 aromatic heterocycles. The lowest BCUT2D eigenvalue weighted by atomic mass is 9.70. The van der Waals surface area contributed by atoms with E-state index in [1.807, 2.05) is 55.1 Å². The third-order valence-electron chi connectivity index (χ3n) is 7.90. The maximum Gasteiger partial charge on any atom is 0.316 e. The molecule has 0 saturated carbocycles. The van der Waals surface area contributed by atoms with Crippen molar-refractivity contribution in [2.75, 3.05) is 26.2 Å². The van der Waals surface area contributed by atoms with E-state index in [0.29, 0.717) is 6.61 Å². The fourth-order valence-corrected chi connectivity index (χ4v) is 7.01. The highest BCUT2D eigenvalue weighted by molar-refractivity contribution is 7.98. The summed E-state index contributed by atoms with van der Waals surface area (Å²) in [6.45, 7) is 4.65. The van der Waals surface area contributed by atoms with E-state index in [0.717, 1.165) is 61.3 Å². The molecule has 2 aliphatic heterocycles. The molecule has 3 aromatic carbocycles. The summed E-state index contributed by atoms with van der Waals surface area (Å²) in [5.41, 5.74) is 3.24. The molecule has 5 rings (SSSR count). The fraction of sp³-hybridized carbons (Fsp3) is 0.355. The van der Waals surface area contributed by atoms with Gasteiger partial charge in [0.05, 0.1) is 18.1 Å². The first-order valence-electron chi connectivity index (χ1n) is 12.8. The standard InChI is InChI=1S/C31H32N2O2S/c1-2-35-29(34)30(25-11-4-3-5-12-25)16-19-33(20-17-30)21-18-31(23-32)26-13-7-6-10-24(26)22-36-28-15-9-8-14-27(28)31/h3-15H,2,16-22H2,1H3/t31-/m1/s1. The van der Waals surface area contributed by atoms with Crippen molar-refractivity contribution < 1.29 is 9.53 Å². The van der Waals surface area contributed by atoms with Crippen LogP contribution in [-0.4, -0.2) is 37.1 Å². The first-order valence-corrected chi connectivity index (χ1v) is 13.8. The first-order chi connectivity index (χ1) is 17.6. The summed E-state index contributed by atoms with van der Waals surface area (Å²) in [5, 5.41) is 10.7. The Morgan fingerprint density at radius 2 is 1.64 bits per heavy atom. The number of nitrogens with zero attached hydrogens (tertiary/aromatic N) is 2. The van der Waals surface area contributed by atoms with Gasteiger partial charge in [-0.1, -0.05) is 72.8 Å². The van der Waals surface area contributed by atoms with Gasteiger partial charge in [-0.3, -0.25) is 4.79 Å². The highest BCUT2D eigenvalue weighted by Crippen LogP contribution is 2.46. The van der Waals surface area contributed by atoms with Crippen LogP contribution in [0.1, 0.15) is 48.4 Å². The minimum absolute atomic E-state index is 0.118. The average molecular weight is 497 g/mol. The largest absolute Gasteiger partial charge is 0.465 e. The van der Waals surface area contributed by atoms with Crippen LogP contribution in [0.4, 0.5) is 0 Å². The van der Waals surface area contributed by atoms with Crippen LogP contribution < -0.4 is 0 Å². The van der Waals surface area contributed by atoms with Gasteiger partial charge in [-0.2, -0.15) is 5.26 Å². The molecule has 4 nitrogen and oxygen atoms in total. The number of fused-ring (bicyclic) bond motifs is 2. The minimum atomic E-state index is -0.689. The molecule has 0 bridgehead atoms. The monoisotopic (exact) mass is 496 g/mol. The molecule has 1 atom stereocenters. The van der Waals surface area contributed by atoms with Gasteiger partial charge in [-0.05, 0) is 67.6 Å². The molecule has 5 heteroatoms. The Kier molecular flexibility index (Phi) is 7.18. The van der Waals surface area contributed by atoms with Crippen LogP contribution in [0, 0.1) is 11.3 Å². The number of thioether (sulfide) groups is 1. The van der Waals surface area contributed by atoms with E-state index in [9.17, 15) is 10.1 Å². The number of esters is 1. The molecule has 36 heavy (non-hydrogen) atoms. The maximum absolute atomic E-state index is 13.2. The van der Waals surface area contributed by atoms with Crippen LogP contribution in [-0.2, 0) is 26.1 Å². The number of likely N-dealkylation sites (tertiary alicyclic amines) is 1. The van der Waals surface area contributed by atoms with E-state index >= 15 is 0 Å². The topological polar surface area (TPSA) is 53.3 Å². The van der Waals surface area contributed by atoms with Gasteiger partial charge in [-0.25, -0.2) is 0 Å². The predicted octanol–water partition coefficient (Wildman–Crippen LogP) is 6.09. The number of ether oxygens (including phenoxy) is 1. The Labute approximate surface area is 218 Å². The molecule has 1 fully saturated rings. The maximum atomic E-state index is 13.2. The number of benzene rings is 3. The second kappa shape index (κ2) is 10.5. The van der Waals surface area contributed by atoms with Gasteiger partial charge in [0.15, 0.2) is 0 Å². The summed E-state index contributed by atoms with van der Waals surface area (Å²) < 4.78 is 5.55. The summed E-state index contributed by atoms with van der Waals surface area (Å²) in [5.74, 6) is 0.757. The summed E-state index contributed by atoms with van der Waals surface area (Å²) in [6.07, 6.45) is 2.16. The van der Waals surface area contributed by atoms with Gasteiger partial charge in [0.25, 0.3) is 0 Å². The van der Waals surface area contributed by atoms with Crippen molar-refractivity contribution in [3.8, 4) is 6.07 Å². The summed E-state index contributed by atoms with van der Waals surface area (Å²) in [7, 11) is 0. The molecule has 3 aromatic rings. The van der Waals surface area contributed by atoms with Gasteiger partial charge in [-0.15, -0.1) is 11.8 Å². The molecule has 0 amide bonds. The lowest BCUT2D eigenvalue weighted by molar-refractivity contribution is -0.152. The van der Waals surface area contributed by atoms with Crippen molar-refractivity contribution in [2.45, 2.75) is 47.7 Å². The van der Waals surface area contributed by atoms with Crippen LogP contribution >= 0.6 is 11.8 Å². The van der Waals surface area contributed by atoms with E-state index < -0.39 is 10.8 Å². The zero-order valence-corrected chi connectivity index (χ0v) is 21.6. The molecule has 184 valence electrons. The molecule has 0 N–H and O–H groups in total. The number of carbonyl (C=O) groups is 1. The Morgan fingerprint density at radius 1 is 0.972 bits per heavy atom. The first kappa shape index (κ1) is 24.6. The van der Waals surface area contributed by atoms with Gasteiger partial charge in [0.1, 0.15) is 5.41 Å². The Bertz CT molecular complexity index is 1210. The Balaban J connectivity index is 1.40. The van der Waals surface area contributed by atoms with Crippen LogP contribution in [0.2, 0.25) is 0 Å².